The van der Waals surface area contributed by atoms with E-state index in [4.69, 9.17) is 4.42 Å². The van der Waals surface area contributed by atoms with Gasteiger partial charge >= 0.3 is 0 Å². The van der Waals surface area contributed by atoms with Gasteiger partial charge in [-0.3, -0.25) is 4.79 Å². The molecule has 0 fully saturated rings. The summed E-state index contributed by atoms with van der Waals surface area (Å²) in [7, 11) is 1.78. The minimum atomic E-state index is -0.117. The van der Waals surface area contributed by atoms with E-state index in [1.807, 2.05) is 48.5 Å². The number of hydrogen-bond donors (Lipinski definition) is 0. The Balaban J connectivity index is 1.78. The summed E-state index contributed by atoms with van der Waals surface area (Å²) in [6, 6.07) is 17.3. The minimum absolute atomic E-state index is 0.117. The molecule has 3 rings (SSSR count). The van der Waals surface area contributed by atoms with Crippen LogP contribution in [0.4, 0.5) is 0 Å². The maximum absolute atomic E-state index is 12.4. The van der Waals surface area contributed by atoms with Crippen molar-refractivity contribution in [1.82, 2.24) is 4.90 Å². The van der Waals surface area contributed by atoms with Crippen LogP contribution in [0.3, 0.4) is 0 Å². The van der Waals surface area contributed by atoms with E-state index in [1.165, 1.54) is 0 Å². The van der Waals surface area contributed by atoms with Gasteiger partial charge in [-0.1, -0.05) is 46.3 Å². The zero-order valence-electron chi connectivity index (χ0n) is 11.5. The van der Waals surface area contributed by atoms with E-state index < -0.39 is 0 Å². The molecule has 0 spiro atoms. The molecule has 0 N–H and O–H groups in total. The van der Waals surface area contributed by atoms with Crippen LogP contribution in [0.2, 0.25) is 0 Å². The second-order valence-electron chi connectivity index (χ2n) is 4.94. The Kier molecular flexibility index (Phi) is 3.80. The zero-order chi connectivity index (χ0) is 14.8. The van der Waals surface area contributed by atoms with Gasteiger partial charge in [-0.05, 0) is 29.8 Å². The molecular formula is C17H14BrNO2. The Morgan fingerprint density at radius 2 is 1.86 bits per heavy atom. The van der Waals surface area contributed by atoms with Gasteiger partial charge in [-0.15, -0.1) is 0 Å². The Labute approximate surface area is 131 Å². The topological polar surface area (TPSA) is 33.5 Å². The third kappa shape index (κ3) is 3.00. The van der Waals surface area contributed by atoms with E-state index in [0.29, 0.717) is 12.3 Å². The highest BCUT2D eigenvalue weighted by Gasteiger charge is 2.16. The molecule has 3 aromatic rings. The summed E-state index contributed by atoms with van der Waals surface area (Å²) in [5, 5.41) is 0.942. The first-order chi connectivity index (χ1) is 10.1. The lowest BCUT2D eigenvalue weighted by atomic mass is 10.2. The van der Waals surface area contributed by atoms with Crippen LogP contribution in [-0.2, 0) is 6.54 Å². The Hall–Kier alpha value is -2.07. The van der Waals surface area contributed by atoms with Crippen molar-refractivity contribution in [3.05, 3.63) is 70.4 Å². The highest BCUT2D eigenvalue weighted by molar-refractivity contribution is 9.10. The van der Waals surface area contributed by atoms with Crippen molar-refractivity contribution >= 4 is 32.8 Å². The SMILES string of the molecule is CN(Cc1ccc(Br)cc1)C(=O)c1cc2ccccc2o1. The van der Waals surface area contributed by atoms with Crippen LogP contribution in [0.25, 0.3) is 11.0 Å². The van der Waals surface area contributed by atoms with Gasteiger partial charge in [-0.2, -0.15) is 0 Å². The summed E-state index contributed by atoms with van der Waals surface area (Å²) >= 11 is 3.40. The molecule has 106 valence electrons. The first kappa shape index (κ1) is 13.9. The van der Waals surface area contributed by atoms with Crippen LogP contribution < -0.4 is 0 Å². The number of nitrogens with zero attached hydrogens (tertiary/aromatic N) is 1. The Morgan fingerprint density at radius 3 is 2.57 bits per heavy atom. The fourth-order valence-corrected chi connectivity index (χ4v) is 2.48. The number of carbonyl (C=O) groups excluding carboxylic acids is 1. The van der Waals surface area contributed by atoms with E-state index in [1.54, 1.807) is 18.0 Å². The second kappa shape index (κ2) is 5.74. The van der Waals surface area contributed by atoms with Crippen LogP contribution in [0.5, 0.6) is 0 Å². The molecule has 4 heteroatoms. The Morgan fingerprint density at radius 1 is 1.14 bits per heavy atom. The largest absolute Gasteiger partial charge is 0.451 e. The average Bonchev–Trinajstić information content (AvgIpc) is 2.92. The van der Waals surface area contributed by atoms with Crippen molar-refractivity contribution in [2.24, 2.45) is 0 Å². The number of rotatable bonds is 3. The Bertz CT molecular complexity index is 744. The zero-order valence-corrected chi connectivity index (χ0v) is 13.1. The minimum Gasteiger partial charge on any atom is -0.451 e. The quantitative estimate of drug-likeness (QED) is 0.703. The average molecular weight is 344 g/mol. The van der Waals surface area contributed by atoms with Gasteiger partial charge in [0.2, 0.25) is 0 Å². The third-order valence-electron chi connectivity index (χ3n) is 3.32. The number of benzene rings is 2. The molecule has 3 nitrogen and oxygen atoms in total. The highest BCUT2D eigenvalue weighted by atomic mass is 79.9. The van der Waals surface area contributed by atoms with E-state index in [9.17, 15) is 4.79 Å². The molecule has 0 unspecified atom stereocenters. The molecule has 1 heterocycles. The first-order valence-electron chi connectivity index (χ1n) is 6.62. The maximum Gasteiger partial charge on any atom is 0.289 e. The summed E-state index contributed by atoms with van der Waals surface area (Å²) < 4.78 is 6.63. The number of para-hydroxylation sites is 1. The molecule has 0 atom stereocenters. The van der Waals surface area contributed by atoms with Crippen molar-refractivity contribution in [2.45, 2.75) is 6.54 Å². The number of carbonyl (C=O) groups is 1. The van der Waals surface area contributed by atoms with Gasteiger partial charge in [0.15, 0.2) is 5.76 Å². The summed E-state index contributed by atoms with van der Waals surface area (Å²) in [4.78, 5) is 14.1. The van der Waals surface area contributed by atoms with Gasteiger partial charge in [0.1, 0.15) is 5.58 Å². The standard InChI is InChI=1S/C17H14BrNO2/c1-19(11-12-6-8-14(18)9-7-12)17(20)16-10-13-4-2-3-5-15(13)21-16/h2-10H,11H2,1H3. The van der Waals surface area contributed by atoms with Crippen molar-refractivity contribution in [3.63, 3.8) is 0 Å². The molecule has 0 aliphatic heterocycles. The monoisotopic (exact) mass is 343 g/mol. The molecule has 1 amide bonds. The molecule has 0 bridgehead atoms. The highest BCUT2D eigenvalue weighted by Crippen LogP contribution is 2.20. The van der Waals surface area contributed by atoms with Crippen LogP contribution in [0, 0.1) is 0 Å². The lowest BCUT2D eigenvalue weighted by Gasteiger charge is -2.15. The molecule has 0 saturated carbocycles. The third-order valence-corrected chi connectivity index (χ3v) is 3.84. The van der Waals surface area contributed by atoms with E-state index >= 15 is 0 Å². The predicted octanol–water partition coefficient (Wildman–Crippen LogP) is 4.47. The van der Waals surface area contributed by atoms with Crippen LogP contribution in [-0.4, -0.2) is 17.9 Å². The van der Waals surface area contributed by atoms with E-state index in [0.717, 1.165) is 21.0 Å². The number of hydrogen-bond acceptors (Lipinski definition) is 2. The summed E-state index contributed by atoms with van der Waals surface area (Å²) in [6.07, 6.45) is 0. The van der Waals surface area contributed by atoms with Gasteiger partial charge in [0.05, 0.1) is 0 Å². The van der Waals surface area contributed by atoms with Gasteiger partial charge < -0.3 is 9.32 Å². The molecular weight excluding hydrogens is 330 g/mol. The van der Waals surface area contributed by atoms with Crippen molar-refractivity contribution < 1.29 is 9.21 Å². The van der Waals surface area contributed by atoms with Crippen LogP contribution in [0.1, 0.15) is 16.1 Å². The molecule has 0 aliphatic carbocycles. The lowest BCUT2D eigenvalue weighted by molar-refractivity contribution is 0.0756. The van der Waals surface area contributed by atoms with Crippen molar-refractivity contribution in [2.75, 3.05) is 7.05 Å². The summed E-state index contributed by atoms with van der Waals surface area (Å²) in [5.74, 6) is 0.255. The van der Waals surface area contributed by atoms with Crippen LogP contribution >= 0.6 is 15.9 Å². The predicted molar refractivity (Wildman–Crippen MR) is 86.2 cm³/mol. The van der Waals surface area contributed by atoms with Crippen molar-refractivity contribution in [1.29, 1.82) is 0 Å². The summed E-state index contributed by atoms with van der Waals surface area (Å²) in [5.41, 5.74) is 1.81. The molecule has 0 radical (unpaired) electrons. The first-order valence-corrected chi connectivity index (χ1v) is 7.41. The van der Waals surface area contributed by atoms with Gasteiger partial charge in [0, 0.05) is 23.5 Å². The fraction of sp³-hybridized carbons (Fsp3) is 0.118. The number of amides is 1. The molecule has 21 heavy (non-hydrogen) atoms. The maximum atomic E-state index is 12.4. The van der Waals surface area contributed by atoms with Gasteiger partial charge in [-0.25, -0.2) is 0 Å². The molecule has 0 aliphatic rings. The van der Waals surface area contributed by atoms with Crippen LogP contribution in [0.15, 0.2) is 63.5 Å². The molecule has 1 aromatic heterocycles. The smallest absolute Gasteiger partial charge is 0.289 e. The van der Waals surface area contributed by atoms with E-state index in [2.05, 4.69) is 15.9 Å². The summed E-state index contributed by atoms with van der Waals surface area (Å²) in [6.45, 7) is 0.545. The number of fused-ring (bicyclic) bond motifs is 1. The van der Waals surface area contributed by atoms with Gasteiger partial charge in [0.25, 0.3) is 5.91 Å². The normalized spacial score (nSPS) is 10.8. The number of furan rings is 1. The lowest BCUT2D eigenvalue weighted by Crippen LogP contribution is -2.25. The number of halogens is 1. The van der Waals surface area contributed by atoms with E-state index in [-0.39, 0.29) is 5.91 Å². The van der Waals surface area contributed by atoms with Crippen molar-refractivity contribution in [3.8, 4) is 0 Å². The second-order valence-corrected chi connectivity index (χ2v) is 5.85. The molecule has 2 aromatic carbocycles. The fourth-order valence-electron chi connectivity index (χ4n) is 2.21. The molecule has 0 saturated heterocycles.